The number of carbonyl (C=O) groups is 1. The van der Waals surface area contributed by atoms with E-state index in [9.17, 15) is 9.18 Å². The fourth-order valence-electron chi connectivity index (χ4n) is 3.52. The first kappa shape index (κ1) is 21.0. The molecule has 1 aliphatic heterocycles. The molecule has 0 bridgehead atoms. The lowest BCUT2D eigenvalue weighted by Gasteiger charge is -2.38. The molecule has 30 heavy (non-hydrogen) atoms. The molecule has 0 saturated heterocycles. The van der Waals surface area contributed by atoms with Crippen LogP contribution in [-0.4, -0.2) is 19.1 Å². The van der Waals surface area contributed by atoms with E-state index in [0.717, 1.165) is 24.3 Å². The molecule has 0 aliphatic carbocycles. The van der Waals surface area contributed by atoms with Crippen LogP contribution in [0, 0.1) is 8.95 Å². The minimum absolute atomic E-state index is 0.181. The highest BCUT2D eigenvalue weighted by atomic mass is 32.2. The van der Waals surface area contributed by atoms with Crippen molar-refractivity contribution >= 4 is 51.5 Å². The van der Waals surface area contributed by atoms with E-state index in [4.69, 9.17) is 21.7 Å². The number of hydrogen-bond acceptors (Lipinski definition) is 6. The van der Waals surface area contributed by atoms with Gasteiger partial charge in [-0.05, 0) is 42.8 Å². The summed E-state index contributed by atoms with van der Waals surface area (Å²) in [7, 11) is 0. The van der Waals surface area contributed by atoms with Gasteiger partial charge in [0.05, 0.1) is 17.2 Å². The fourth-order valence-corrected chi connectivity index (χ4v) is 6.41. The summed E-state index contributed by atoms with van der Waals surface area (Å²) in [4.78, 5) is 16.1. The van der Waals surface area contributed by atoms with Gasteiger partial charge in [0.15, 0.2) is 6.61 Å². The van der Waals surface area contributed by atoms with Crippen LogP contribution in [0.4, 0.5) is 15.1 Å². The zero-order valence-corrected chi connectivity index (χ0v) is 19.2. The molecule has 0 radical (unpaired) electrons. The highest BCUT2D eigenvalue weighted by Gasteiger charge is 2.41. The zero-order chi connectivity index (χ0) is 21.5. The Labute approximate surface area is 187 Å². The van der Waals surface area contributed by atoms with Crippen molar-refractivity contribution in [2.75, 3.05) is 18.1 Å². The lowest BCUT2D eigenvalue weighted by molar-refractivity contribution is -0.119. The lowest BCUT2D eigenvalue weighted by Crippen LogP contribution is -2.37. The Hall–Kier alpha value is -2.29. The van der Waals surface area contributed by atoms with Gasteiger partial charge in [0.2, 0.25) is 0 Å². The Balaban J connectivity index is 1.74. The predicted octanol–water partition coefficient (Wildman–Crippen LogP) is 6.46. The molecule has 0 atom stereocenters. The second-order valence-corrected chi connectivity index (χ2v) is 10.5. The van der Waals surface area contributed by atoms with Crippen LogP contribution in [0.15, 0.2) is 42.5 Å². The van der Waals surface area contributed by atoms with Gasteiger partial charge in [-0.2, -0.15) is 0 Å². The fraction of sp³-hybridized carbons (Fsp3) is 0.273. The number of carbonyl (C=O) groups excluding carboxylic acids is 1. The largest absolute Gasteiger partial charge is 0.494 e. The van der Waals surface area contributed by atoms with Crippen LogP contribution in [0.1, 0.15) is 31.2 Å². The monoisotopic (exact) mass is 461 g/mol. The summed E-state index contributed by atoms with van der Waals surface area (Å²) in [6.45, 7) is 6.55. The second-order valence-electron chi connectivity index (χ2n) is 7.30. The number of hydrogen-bond donors (Lipinski definition) is 0. The average Bonchev–Trinajstić information content (AvgIpc) is 3.10. The molecular weight excluding hydrogens is 441 g/mol. The van der Waals surface area contributed by atoms with Crippen LogP contribution in [0.5, 0.6) is 11.5 Å². The lowest BCUT2D eigenvalue weighted by atomic mass is 9.79. The quantitative estimate of drug-likeness (QED) is 0.409. The van der Waals surface area contributed by atoms with Crippen molar-refractivity contribution < 1.29 is 18.7 Å². The molecule has 0 fully saturated rings. The van der Waals surface area contributed by atoms with E-state index in [1.165, 1.54) is 46.9 Å². The zero-order valence-electron chi connectivity index (χ0n) is 16.7. The number of ether oxygens (including phenoxy) is 2. The van der Waals surface area contributed by atoms with Crippen LogP contribution in [-0.2, 0) is 10.2 Å². The van der Waals surface area contributed by atoms with Crippen LogP contribution >= 0.6 is 34.9 Å². The van der Waals surface area contributed by atoms with Gasteiger partial charge in [0.1, 0.15) is 25.5 Å². The van der Waals surface area contributed by atoms with Crippen LogP contribution in [0.2, 0.25) is 0 Å². The number of nitrogens with zero attached hydrogens (tertiary/aromatic N) is 1. The van der Waals surface area contributed by atoms with E-state index < -0.39 is 0 Å². The maximum Gasteiger partial charge on any atom is 0.270 e. The number of anilines is 2. The van der Waals surface area contributed by atoms with E-state index in [0.29, 0.717) is 18.1 Å². The number of fused-ring (bicyclic) bond motifs is 2. The van der Waals surface area contributed by atoms with Gasteiger partial charge in [-0.1, -0.05) is 43.5 Å². The first-order chi connectivity index (χ1) is 14.3. The molecule has 4 rings (SSSR count). The maximum atomic E-state index is 13.3. The molecule has 8 heteroatoms. The van der Waals surface area contributed by atoms with E-state index in [1.54, 1.807) is 4.90 Å². The molecule has 156 valence electrons. The van der Waals surface area contributed by atoms with Crippen molar-refractivity contribution in [1.29, 1.82) is 0 Å². The maximum absolute atomic E-state index is 13.3. The third kappa shape index (κ3) is 3.75. The number of rotatable bonds is 5. The highest BCUT2D eigenvalue weighted by Crippen LogP contribution is 2.54. The average molecular weight is 462 g/mol. The molecule has 1 amide bonds. The van der Waals surface area contributed by atoms with Crippen molar-refractivity contribution in [3.05, 3.63) is 61.9 Å². The van der Waals surface area contributed by atoms with Crippen molar-refractivity contribution in [2.24, 2.45) is 0 Å². The van der Waals surface area contributed by atoms with E-state index in [2.05, 4.69) is 13.8 Å². The van der Waals surface area contributed by atoms with Gasteiger partial charge < -0.3 is 9.47 Å². The minimum Gasteiger partial charge on any atom is -0.494 e. The molecule has 0 unspecified atom stereocenters. The van der Waals surface area contributed by atoms with Crippen LogP contribution < -0.4 is 14.4 Å². The summed E-state index contributed by atoms with van der Waals surface area (Å²) < 4.78 is 25.2. The summed E-state index contributed by atoms with van der Waals surface area (Å²) in [5.74, 6) is 0.553. The highest BCUT2D eigenvalue weighted by molar-refractivity contribution is 7.76. The van der Waals surface area contributed by atoms with Crippen LogP contribution in [0.25, 0.3) is 0 Å². The molecule has 2 heterocycles. The number of benzene rings is 2. The molecule has 0 spiro atoms. The molecule has 1 aromatic heterocycles. The van der Waals surface area contributed by atoms with E-state index in [1.807, 2.05) is 25.1 Å². The molecule has 2 aromatic carbocycles. The van der Waals surface area contributed by atoms with Gasteiger partial charge in [-0.15, -0.1) is 11.3 Å². The Morgan fingerprint density at radius 3 is 2.50 bits per heavy atom. The van der Waals surface area contributed by atoms with Crippen molar-refractivity contribution in [2.45, 2.75) is 26.2 Å². The summed E-state index contributed by atoms with van der Waals surface area (Å²) in [5.41, 5.74) is 1.51. The Morgan fingerprint density at radius 1 is 1.10 bits per heavy atom. The van der Waals surface area contributed by atoms with E-state index in [-0.39, 0.29) is 23.7 Å². The number of halogens is 1. The number of amides is 1. The predicted molar refractivity (Wildman–Crippen MR) is 122 cm³/mol. The third-order valence-electron chi connectivity index (χ3n) is 4.95. The Morgan fingerprint density at radius 2 is 1.80 bits per heavy atom. The van der Waals surface area contributed by atoms with Crippen molar-refractivity contribution in [3.8, 4) is 11.5 Å². The van der Waals surface area contributed by atoms with E-state index >= 15 is 0 Å². The normalized spacial score (nSPS) is 14.1. The topological polar surface area (TPSA) is 38.8 Å². The third-order valence-corrected chi connectivity index (χ3v) is 7.90. The standard InChI is InChI=1S/C22H20FNO3S3/c1-4-26-15-9-10-16-17(11-15)24(20-19(22(16,2)3)29-21(28)30-20)18(25)12-27-14-7-5-13(23)6-8-14/h5-11H,4,12H2,1-3H3. The van der Waals surface area contributed by atoms with Crippen molar-refractivity contribution in [1.82, 2.24) is 0 Å². The Kier molecular flexibility index (Phi) is 5.65. The summed E-state index contributed by atoms with van der Waals surface area (Å²) in [5, 5.41) is 0.823. The van der Waals surface area contributed by atoms with Gasteiger partial charge in [-0.25, -0.2) is 4.39 Å². The van der Waals surface area contributed by atoms with Crippen molar-refractivity contribution in [3.63, 3.8) is 0 Å². The first-order valence-electron chi connectivity index (χ1n) is 9.44. The summed E-state index contributed by atoms with van der Waals surface area (Å²) in [6, 6.07) is 11.4. The minimum atomic E-state index is -0.355. The molecule has 0 saturated carbocycles. The molecule has 4 nitrogen and oxygen atoms in total. The molecule has 0 N–H and O–H groups in total. The van der Waals surface area contributed by atoms with Gasteiger partial charge in [-0.3, -0.25) is 9.69 Å². The molecular formula is C22H20FNO3S3. The summed E-state index contributed by atoms with van der Waals surface area (Å²) >= 11 is 8.43. The van der Waals surface area contributed by atoms with Gasteiger partial charge >= 0.3 is 0 Å². The first-order valence-corrected chi connectivity index (χ1v) is 11.5. The molecule has 1 aliphatic rings. The summed E-state index contributed by atoms with van der Waals surface area (Å²) in [6.07, 6.45) is 0. The van der Waals surface area contributed by atoms with Gasteiger partial charge in [0.25, 0.3) is 5.91 Å². The second kappa shape index (κ2) is 8.09. The van der Waals surface area contributed by atoms with Gasteiger partial charge in [0, 0.05) is 11.5 Å². The smallest absolute Gasteiger partial charge is 0.270 e. The molecule has 3 aromatic rings. The Bertz CT molecular complexity index is 1150. The SMILES string of the molecule is CCOc1ccc2c(c1)N(C(=O)COc1ccc(F)cc1)c1sc(=S)sc1C2(C)C. The van der Waals surface area contributed by atoms with Crippen LogP contribution in [0.3, 0.4) is 0 Å².